The molecule has 0 saturated carbocycles. The first-order valence-electron chi connectivity index (χ1n) is 8.61. The summed E-state index contributed by atoms with van der Waals surface area (Å²) < 4.78 is 25.4. The standard InChI is InChI=1S/C19H25ClN4O2S/c1-4-21-19(23-14-16-6-5-7-17(20)12-16)22-13-15-8-10-18(11-9-15)27(25,26)24(2)3/h5-12H,4,13-14H2,1-3H3,(H2,21,22,23). The Balaban J connectivity index is 2.02. The van der Waals surface area contributed by atoms with Crippen molar-refractivity contribution in [3.8, 4) is 0 Å². The summed E-state index contributed by atoms with van der Waals surface area (Å²) in [7, 11) is -0.375. The fourth-order valence-corrected chi connectivity index (χ4v) is 3.44. The van der Waals surface area contributed by atoms with Crippen LogP contribution >= 0.6 is 11.6 Å². The molecule has 6 nitrogen and oxygen atoms in total. The molecule has 0 radical (unpaired) electrons. The molecule has 0 aliphatic carbocycles. The number of hydrogen-bond acceptors (Lipinski definition) is 3. The normalized spacial score (nSPS) is 12.3. The molecular weight excluding hydrogens is 384 g/mol. The van der Waals surface area contributed by atoms with Crippen LogP contribution in [0.3, 0.4) is 0 Å². The first-order chi connectivity index (χ1) is 12.8. The molecular formula is C19H25ClN4O2S. The lowest BCUT2D eigenvalue weighted by atomic mass is 10.2. The number of rotatable bonds is 7. The fourth-order valence-electron chi connectivity index (χ4n) is 2.32. The summed E-state index contributed by atoms with van der Waals surface area (Å²) in [6, 6.07) is 14.4. The number of halogens is 1. The van der Waals surface area contributed by atoms with Crippen LogP contribution in [-0.2, 0) is 23.1 Å². The average Bonchev–Trinajstić information content (AvgIpc) is 2.64. The maximum Gasteiger partial charge on any atom is 0.242 e. The number of aliphatic imine (C=N–C) groups is 1. The number of benzene rings is 2. The largest absolute Gasteiger partial charge is 0.357 e. The third-order valence-corrected chi connectivity index (χ3v) is 5.88. The minimum Gasteiger partial charge on any atom is -0.357 e. The van der Waals surface area contributed by atoms with Crippen LogP contribution in [0.15, 0.2) is 58.4 Å². The van der Waals surface area contributed by atoms with E-state index in [-0.39, 0.29) is 4.90 Å². The van der Waals surface area contributed by atoms with Crippen LogP contribution in [0, 0.1) is 0 Å². The Bertz CT molecular complexity index is 881. The van der Waals surface area contributed by atoms with Gasteiger partial charge in [-0.05, 0) is 42.3 Å². The van der Waals surface area contributed by atoms with Gasteiger partial charge in [-0.1, -0.05) is 35.9 Å². The Morgan fingerprint density at radius 3 is 2.37 bits per heavy atom. The SMILES string of the molecule is CCNC(=NCc1cccc(Cl)c1)NCc1ccc(S(=O)(=O)N(C)C)cc1. The molecule has 2 N–H and O–H groups in total. The molecule has 0 heterocycles. The summed E-state index contributed by atoms with van der Waals surface area (Å²) in [5.41, 5.74) is 1.99. The van der Waals surface area contributed by atoms with E-state index in [1.807, 2.05) is 31.2 Å². The molecule has 27 heavy (non-hydrogen) atoms. The smallest absolute Gasteiger partial charge is 0.242 e. The van der Waals surface area contributed by atoms with Crippen molar-refractivity contribution >= 4 is 27.6 Å². The van der Waals surface area contributed by atoms with Gasteiger partial charge in [-0.25, -0.2) is 17.7 Å². The summed E-state index contributed by atoms with van der Waals surface area (Å²) >= 11 is 6.00. The van der Waals surface area contributed by atoms with E-state index in [9.17, 15) is 8.42 Å². The zero-order chi connectivity index (χ0) is 19.9. The fraction of sp³-hybridized carbons (Fsp3) is 0.316. The predicted octanol–water partition coefficient (Wildman–Crippen LogP) is 2.85. The molecule has 0 spiro atoms. The average molecular weight is 409 g/mol. The summed E-state index contributed by atoms with van der Waals surface area (Å²) in [5, 5.41) is 7.13. The Hall–Kier alpha value is -2.09. The van der Waals surface area contributed by atoms with Crippen molar-refractivity contribution in [3.63, 3.8) is 0 Å². The highest BCUT2D eigenvalue weighted by molar-refractivity contribution is 7.89. The van der Waals surface area contributed by atoms with Crippen LogP contribution in [0.4, 0.5) is 0 Å². The number of sulfonamides is 1. The van der Waals surface area contributed by atoms with Gasteiger partial charge in [-0.3, -0.25) is 0 Å². The number of guanidine groups is 1. The minimum absolute atomic E-state index is 0.276. The lowest BCUT2D eigenvalue weighted by Crippen LogP contribution is -2.36. The van der Waals surface area contributed by atoms with Crippen molar-refractivity contribution in [1.29, 1.82) is 0 Å². The molecule has 0 aromatic heterocycles. The zero-order valence-corrected chi connectivity index (χ0v) is 17.3. The van der Waals surface area contributed by atoms with E-state index in [1.54, 1.807) is 24.3 Å². The lowest BCUT2D eigenvalue weighted by Gasteiger charge is -2.13. The van der Waals surface area contributed by atoms with Gasteiger partial charge in [0.15, 0.2) is 5.96 Å². The molecule has 2 aromatic carbocycles. The summed E-state index contributed by atoms with van der Waals surface area (Å²) in [6.07, 6.45) is 0. The summed E-state index contributed by atoms with van der Waals surface area (Å²) in [4.78, 5) is 4.83. The molecule has 0 aliphatic heterocycles. The van der Waals surface area contributed by atoms with Gasteiger partial charge < -0.3 is 10.6 Å². The second-order valence-electron chi connectivity index (χ2n) is 6.11. The van der Waals surface area contributed by atoms with Crippen LogP contribution in [0.2, 0.25) is 5.02 Å². The van der Waals surface area contributed by atoms with Crippen LogP contribution in [0.5, 0.6) is 0 Å². The van der Waals surface area contributed by atoms with E-state index < -0.39 is 10.0 Å². The molecule has 0 unspecified atom stereocenters. The quantitative estimate of drug-likeness (QED) is 0.545. The highest BCUT2D eigenvalue weighted by Crippen LogP contribution is 2.14. The van der Waals surface area contributed by atoms with E-state index in [4.69, 9.17) is 11.6 Å². The van der Waals surface area contributed by atoms with Crippen LogP contribution in [-0.4, -0.2) is 39.3 Å². The monoisotopic (exact) mass is 408 g/mol. The van der Waals surface area contributed by atoms with Gasteiger partial charge in [-0.15, -0.1) is 0 Å². The Morgan fingerprint density at radius 2 is 1.78 bits per heavy atom. The molecule has 2 rings (SSSR count). The third-order valence-electron chi connectivity index (χ3n) is 3.81. The molecule has 0 saturated heterocycles. The maximum absolute atomic E-state index is 12.1. The second kappa shape index (κ2) is 9.73. The zero-order valence-electron chi connectivity index (χ0n) is 15.7. The van der Waals surface area contributed by atoms with Gasteiger partial charge >= 0.3 is 0 Å². The van der Waals surface area contributed by atoms with Crippen molar-refractivity contribution < 1.29 is 8.42 Å². The molecule has 8 heteroatoms. The molecule has 0 fully saturated rings. The van der Waals surface area contributed by atoms with Gasteiger partial charge in [0.25, 0.3) is 0 Å². The van der Waals surface area contributed by atoms with E-state index in [1.165, 1.54) is 18.4 Å². The molecule has 0 bridgehead atoms. The van der Waals surface area contributed by atoms with E-state index in [0.717, 1.165) is 17.7 Å². The van der Waals surface area contributed by atoms with Crippen molar-refractivity contribution in [1.82, 2.24) is 14.9 Å². The molecule has 0 amide bonds. The first-order valence-corrected chi connectivity index (χ1v) is 10.4. The van der Waals surface area contributed by atoms with E-state index in [0.29, 0.717) is 24.1 Å². The second-order valence-corrected chi connectivity index (χ2v) is 8.70. The van der Waals surface area contributed by atoms with Gasteiger partial charge in [0, 0.05) is 32.2 Å². The third kappa shape index (κ3) is 6.23. The van der Waals surface area contributed by atoms with Gasteiger partial charge in [0.05, 0.1) is 11.4 Å². The topological polar surface area (TPSA) is 73.8 Å². The van der Waals surface area contributed by atoms with Crippen molar-refractivity contribution in [3.05, 3.63) is 64.7 Å². The minimum atomic E-state index is -3.41. The first kappa shape index (κ1) is 21.2. The van der Waals surface area contributed by atoms with Crippen molar-refractivity contribution in [2.75, 3.05) is 20.6 Å². The van der Waals surface area contributed by atoms with Crippen molar-refractivity contribution in [2.45, 2.75) is 24.9 Å². The van der Waals surface area contributed by atoms with Gasteiger partial charge in [-0.2, -0.15) is 0 Å². The number of nitrogens with zero attached hydrogens (tertiary/aromatic N) is 2. The predicted molar refractivity (Wildman–Crippen MR) is 110 cm³/mol. The van der Waals surface area contributed by atoms with Gasteiger partial charge in [0.1, 0.15) is 0 Å². The highest BCUT2D eigenvalue weighted by Gasteiger charge is 2.16. The van der Waals surface area contributed by atoms with Crippen LogP contribution in [0.25, 0.3) is 0 Å². The molecule has 0 aliphatic rings. The molecule has 0 atom stereocenters. The highest BCUT2D eigenvalue weighted by atomic mass is 35.5. The Morgan fingerprint density at radius 1 is 1.07 bits per heavy atom. The summed E-state index contributed by atoms with van der Waals surface area (Å²) in [5.74, 6) is 0.683. The lowest BCUT2D eigenvalue weighted by molar-refractivity contribution is 0.520. The molecule has 2 aromatic rings. The van der Waals surface area contributed by atoms with Crippen LogP contribution in [0.1, 0.15) is 18.1 Å². The number of hydrogen-bond donors (Lipinski definition) is 2. The molecule has 146 valence electrons. The summed E-state index contributed by atoms with van der Waals surface area (Å²) in [6.45, 7) is 3.78. The number of nitrogens with one attached hydrogen (secondary N) is 2. The maximum atomic E-state index is 12.1. The van der Waals surface area contributed by atoms with E-state index in [2.05, 4.69) is 15.6 Å². The Labute approximate surface area is 166 Å². The van der Waals surface area contributed by atoms with Gasteiger partial charge in [0.2, 0.25) is 10.0 Å². The Kier molecular flexibility index (Phi) is 7.65. The van der Waals surface area contributed by atoms with Crippen LogP contribution < -0.4 is 10.6 Å². The van der Waals surface area contributed by atoms with E-state index >= 15 is 0 Å². The van der Waals surface area contributed by atoms with Crippen molar-refractivity contribution in [2.24, 2.45) is 4.99 Å².